The summed E-state index contributed by atoms with van der Waals surface area (Å²) in [5.74, 6) is 1.05. The highest BCUT2D eigenvalue weighted by Crippen LogP contribution is 2.04. The van der Waals surface area contributed by atoms with Gasteiger partial charge in [-0.2, -0.15) is 0 Å². The molecule has 0 aliphatic rings. The molecule has 2 rings (SSSR count). The lowest BCUT2D eigenvalue weighted by molar-refractivity contribution is 0.0787. The topological polar surface area (TPSA) is 93.0 Å². The third-order valence-corrected chi connectivity index (χ3v) is 2.75. The number of aromatic amines is 1. The van der Waals surface area contributed by atoms with Crippen molar-refractivity contribution in [2.24, 2.45) is 0 Å². The van der Waals surface area contributed by atoms with Crippen LogP contribution in [0, 0.1) is 0 Å². The summed E-state index contributed by atoms with van der Waals surface area (Å²) in [5, 5.41) is 10.9. The van der Waals surface area contributed by atoms with Crippen LogP contribution in [-0.2, 0) is 11.2 Å². The fourth-order valence-corrected chi connectivity index (χ4v) is 1.73. The number of nitrogens with zero attached hydrogens (tertiary/aromatic N) is 2. The molecule has 0 aromatic carbocycles. The molecule has 0 spiro atoms. The molecule has 0 unspecified atom stereocenters. The predicted molar refractivity (Wildman–Crippen MR) is 78.4 cm³/mol. The Kier molecular flexibility index (Phi) is 5.51. The van der Waals surface area contributed by atoms with Crippen molar-refractivity contribution >= 4 is 5.95 Å². The van der Waals surface area contributed by atoms with Crippen LogP contribution in [0.3, 0.4) is 0 Å². The molecule has 114 valence electrons. The van der Waals surface area contributed by atoms with E-state index in [1.807, 2.05) is 13.8 Å². The summed E-state index contributed by atoms with van der Waals surface area (Å²) in [6.45, 7) is 5.32. The molecular formula is C14H20N4O3. The lowest BCUT2D eigenvalue weighted by atomic mass is 10.2. The number of furan rings is 1. The van der Waals surface area contributed by atoms with Crippen LogP contribution in [0.2, 0.25) is 0 Å². The molecule has 0 radical (unpaired) electrons. The zero-order valence-corrected chi connectivity index (χ0v) is 12.3. The SMILES string of the molecule is CC(C)OCCCNc1nnc(Cc2ccco2)c(=O)[nH]1. The Hall–Kier alpha value is -2.15. The molecule has 0 saturated carbocycles. The van der Waals surface area contributed by atoms with Gasteiger partial charge in [0.1, 0.15) is 11.5 Å². The third-order valence-electron chi connectivity index (χ3n) is 2.75. The Balaban J connectivity index is 1.83. The molecule has 0 fully saturated rings. The zero-order valence-electron chi connectivity index (χ0n) is 12.3. The van der Waals surface area contributed by atoms with E-state index < -0.39 is 0 Å². The van der Waals surface area contributed by atoms with E-state index in [0.29, 0.717) is 37.0 Å². The Morgan fingerprint density at radius 1 is 1.43 bits per heavy atom. The minimum atomic E-state index is -0.262. The fourth-order valence-electron chi connectivity index (χ4n) is 1.73. The van der Waals surface area contributed by atoms with Gasteiger partial charge in [0, 0.05) is 13.2 Å². The first-order valence-electron chi connectivity index (χ1n) is 6.99. The van der Waals surface area contributed by atoms with Crippen molar-refractivity contribution in [1.82, 2.24) is 15.2 Å². The van der Waals surface area contributed by atoms with E-state index in [0.717, 1.165) is 6.42 Å². The van der Waals surface area contributed by atoms with E-state index in [-0.39, 0.29) is 11.7 Å². The number of H-pyrrole nitrogens is 1. The molecule has 0 amide bonds. The molecule has 21 heavy (non-hydrogen) atoms. The van der Waals surface area contributed by atoms with Gasteiger partial charge < -0.3 is 14.5 Å². The van der Waals surface area contributed by atoms with E-state index >= 15 is 0 Å². The van der Waals surface area contributed by atoms with Crippen molar-refractivity contribution in [2.75, 3.05) is 18.5 Å². The summed E-state index contributed by atoms with van der Waals surface area (Å²) >= 11 is 0. The van der Waals surface area contributed by atoms with Crippen molar-refractivity contribution in [3.8, 4) is 0 Å². The van der Waals surface area contributed by atoms with Crippen LogP contribution in [0.1, 0.15) is 31.7 Å². The molecule has 7 nitrogen and oxygen atoms in total. The van der Waals surface area contributed by atoms with E-state index in [9.17, 15) is 4.79 Å². The quantitative estimate of drug-likeness (QED) is 0.717. The number of anilines is 1. The molecule has 2 aromatic heterocycles. The van der Waals surface area contributed by atoms with Gasteiger partial charge in [0.25, 0.3) is 5.56 Å². The Morgan fingerprint density at radius 2 is 2.29 bits per heavy atom. The van der Waals surface area contributed by atoms with Crippen molar-refractivity contribution < 1.29 is 9.15 Å². The third kappa shape index (κ3) is 5.03. The highest BCUT2D eigenvalue weighted by atomic mass is 16.5. The molecule has 0 bridgehead atoms. The van der Waals surface area contributed by atoms with Crippen LogP contribution in [-0.4, -0.2) is 34.4 Å². The number of nitrogens with one attached hydrogen (secondary N) is 2. The number of aromatic nitrogens is 3. The maximum atomic E-state index is 11.9. The minimum absolute atomic E-state index is 0.227. The first kappa shape index (κ1) is 15.2. The fraction of sp³-hybridized carbons (Fsp3) is 0.500. The van der Waals surface area contributed by atoms with E-state index in [4.69, 9.17) is 9.15 Å². The highest BCUT2D eigenvalue weighted by Gasteiger charge is 2.07. The largest absolute Gasteiger partial charge is 0.469 e. The smallest absolute Gasteiger partial charge is 0.274 e. The maximum Gasteiger partial charge on any atom is 0.274 e. The number of rotatable bonds is 8. The molecule has 0 aliphatic carbocycles. The van der Waals surface area contributed by atoms with Crippen LogP contribution in [0.15, 0.2) is 27.6 Å². The van der Waals surface area contributed by atoms with Gasteiger partial charge >= 0.3 is 0 Å². The Bertz CT molecular complexity index is 593. The van der Waals surface area contributed by atoms with E-state index in [2.05, 4.69) is 20.5 Å². The average molecular weight is 292 g/mol. The Labute approximate surface area is 122 Å². The minimum Gasteiger partial charge on any atom is -0.469 e. The van der Waals surface area contributed by atoms with Gasteiger partial charge in [-0.3, -0.25) is 9.78 Å². The molecule has 0 atom stereocenters. The van der Waals surface area contributed by atoms with Crippen molar-refractivity contribution in [3.05, 3.63) is 40.2 Å². The van der Waals surface area contributed by atoms with E-state index in [1.165, 1.54) is 0 Å². The van der Waals surface area contributed by atoms with Gasteiger partial charge in [0.05, 0.1) is 18.8 Å². The van der Waals surface area contributed by atoms with Crippen LogP contribution in [0.4, 0.5) is 5.95 Å². The average Bonchev–Trinajstić information content (AvgIpc) is 2.94. The second-order valence-electron chi connectivity index (χ2n) is 4.91. The summed E-state index contributed by atoms with van der Waals surface area (Å²) in [4.78, 5) is 14.5. The van der Waals surface area contributed by atoms with Crippen molar-refractivity contribution in [2.45, 2.75) is 32.8 Å². The van der Waals surface area contributed by atoms with Gasteiger partial charge in [0.2, 0.25) is 5.95 Å². The number of hydrogen-bond donors (Lipinski definition) is 2. The monoisotopic (exact) mass is 292 g/mol. The number of hydrogen-bond acceptors (Lipinski definition) is 6. The second-order valence-corrected chi connectivity index (χ2v) is 4.91. The summed E-state index contributed by atoms with van der Waals surface area (Å²) in [5.41, 5.74) is 0.0703. The summed E-state index contributed by atoms with van der Waals surface area (Å²) < 4.78 is 10.6. The van der Waals surface area contributed by atoms with Crippen molar-refractivity contribution in [1.29, 1.82) is 0 Å². The second kappa shape index (κ2) is 7.58. The highest BCUT2D eigenvalue weighted by molar-refractivity contribution is 5.22. The van der Waals surface area contributed by atoms with Gasteiger partial charge in [-0.15, -0.1) is 10.2 Å². The molecule has 2 heterocycles. The molecule has 2 aromatic rings. The van der Waals surface area contributed by atoms with Crippen molar-refractivity contribution in [3.63, 3.8) is 0 Å². The molecule has 7 heteroatoms. The van der Waals surface area contributed by atoms with Crippen LogP contribution < -0.4 is 10.9 Å². The lowest BCUT2D eigenvalue weighted by Gasteiger charge is -2.08. The maximum absolute atomic E-state index is 11.9. The van der Waals surface area contributed by atoms with Crippen LogP contribution >= 0.6 is 0 Å². The molecule has 2 N–H and O–H groups in total. The normalized spacial score (nSPS) is 11.0. The van der Waals surface area contributed by atoms with Gasteiger partial charge in [-0.25, -0.2) is 0 Å². The Morgan fingerprint density at radius 3 is 2.95 bits per heavy atom. The summed E-state index contributed by atoms with van der Waals surface area (Å²) in [6, 6.07) is 3.56. The first-order valence-corrected chi connectivity index (χ1v) is 6.99. The van der Waals surface area contributed by atoms with Gasteiger partial charge in [-0.05, 0) is 32.4 Å². The molecule has 0 aliphatic heterocycles. The first-order chi connectivity index (χ1) is 10.1. The lowest BCUT2D eigenvalue weighted by Crippen LogP contribution is -2.20. The zero-order chi connectivity index (χ0) is 15.1. The van der Waals surface area contributed by atoms with Crippen LogP contribution in [0.25, 0.3) is 0 Å². The summed E-state index contributed by atoms with van der Waals surface area (Å²) in [6.07, 6.45) is 2.95. The van der Waals surface area contributed by atoms with Crippen LogP contribution in [0.5, 0.6) is 0 Å². The summed E-state index contributed by atoms with van der Waals surface area (Å²) in [7, 11) is 0. The standard InChI is InChI=1S/C14H20N4O3/c1-10(2)20-8-4-6-15-14-16-13(19)12(17-18-14)9-11-5-3-7-21-11/h3,5,7,10H,4,6,8-9H2,1-2H3,(H2,15,16,18,19). The predicted octanol–water partition coefficient (Wildman–Crippen LogP) is 1.58. The van der Waals surface area contributed by atoms with Gasteiger partial charge in [-0.1, -0.05) is 0 Å². The number of ether oxygens (including phenoxy) is 1. The van der Waals surface area contributed by atoms with E-state index in [1.54, 1.807) is 18.4 Å². The van der Waals surface area contributed by atoms with Gasteiger partial charge in [0.15, 0.2) is 0 Å². The molecule has 0 saturated heterocycles. The molecular weight excluding hydrogens is 272 g/mol.